The average molecular weight is 265 g/mol. The van der Waals surface area contributed by atoms with E-state index in [0.29, 0.717) is 6.04 Å². The first-order chi connectivity index (χ1) is 8.31. The van der Waals surface area contributed by atoms with Gasteiger partial charge in [0.1, 0.15) is 0 Å². The predicted molar refractivity (Wildman–Crippen MR) is 71.7 cm³/mol. The van der Waals surface area contributed by atoms with Crippen molar-refractivity contribution in [3.63, 3.8) is 0 Å². The Bertz CT molecular complexity index is 497. The van der Waals surface area contributed by atoms with Crippen LogP contribution in [0.5, 0.6) is 0 Å². The Morgan fingerprint density at radius 3 is 3.00 bits per heavy atom. The zero-order valence-corrected chi connectivity index (χ0v) is 11.4. The van der Waals surface area contributed by atoms with Gasteiger partial charge in [-0.15, -0.1) is 22.7 Å². The molecule has 1 N–H and O–H groups in total. The number of aryl methyl sites for hydroxylation is 1. The fourth-order valence-corrected chi connectivity index (χ4v) is 3.62. The molecule has 1 aliphatic heterocycles. The molecule has 1 aliphatic rings. The summed E-state index contributed by atoms with van der Waals surface area (Å²) in [4.78, 5) is 9.20. The van der Waals surface area contributed by atoms with E-state index in [1.807, 2.05) is 6.92 Å². The fourth-order valence-electron chi connectivity index (χ4n) is 2.15. The second kappa shape index (κ2) is 4.84. The summed E-state index contributed by atoms with van der Waals surface area (Å²) in [7, 11) is 0. The van der Waals surface area contributed by atoms with E-state index in [1.165, 1.54) is 23.5 Å². The summed E-state index contributed by atoms with van der Waals surface area (Å²) < 4.78 is 0. The number of nitrogens with one attached hydrogen (secondary N) is 1. The molecule has 0 radical (unpaired) electrons. The number of nitrogens with zero attached hydrogens (tertiary/aromatic N) is 2. The van der Waals surface area contributed by atoms with Gasteiger partial charge in [-0.05, 0) is 26.3 Å². The van der Waals surface area contributed by atoms with Gasteiger partial charge in [-0.1, -0.05) is 0 Å². The molecule has 2 aromatic heterocycles. The van der Waals surface area contributed by atoms with E-state index < -0.39 is 0 Å². The summed E-state index contributed by atoms with van der Waals surface area (Å²) in [5.41, 5.74) is 2.36. The number of thiazole rings is 2. The van der Waals surface area contributed by atoms with Gasteiger partial charge >= 0.3 is 0 Å². The van der Waals surface area contributed by atoms with E-state index in [9.17, 15) is 0 Å². The first-order valence-electron chi connectivity index (χ1n) is 5.90. The van der Waals surface area contributed by atoms with Crippen molar-refractivity contribution in [3.05, 3.63) is 32.2 Å². The van der Waals surface area contributed by atoms with Crippen molar-refractivity contribution in [1.29, 1.82) is 0 Å². The lowest BCUT2D eigenvalue weighted by molar-refractivity contribution is 0.630. The lowest BCUT2D eigenvalue weighted by atomic mass is 10.2. The highest BCUT2D eigenvalue weighted by molar-refractivity contribution is 7.10. The van der Waals surface area contributed by atoms with Crippen LogP contribution in [-0.2, 0) is 6.42 Å². The zero-order chi connectivity index (χ0) is 11.7. The lowest BCUT2D eigenvalue weighted by Crippen LogP contribution is -2.13. The molecule has 1 saturated heterocycles. The third-order valence-electron chi connectivity index (χ3n) is 2.99. The molecule has 5 heteroatoms. The molecule has 3 nitrogen and oxygen atoms in total. The Hall–Kier alpha value is -0.780. The van der Waals surface area contributed by atoms with Gasteiger partial charge in [-0.25, -0.2) is 9.97 Å². The molecule has 0 bridgehead atoms. The first-order valence-corrected chi connectivity index (χ1v) is 7.66. The normalized spacial score (nSPS) is 19.9. The Labute approximate surface area is 109 Å². The molecular weight excluding hydrogens is 250 g/mol. The minimum Gasteiger partial charge on any atom is -0.309 e. The van der Waals surface area contributed by atoms with Crippen LogP contribution in [-0.4, -0.2) is 16.5 Å². The molecule has 0 amide bonds. The van der Waals surface area contributed by atoms with E-state index >= 15 is 0 Å². The monoisotopic (exact) mass is 265 g/mol. The van der Waals surface area contributed by atoms with E-state index in [0.717, 1.165) is 23.7 Å². The number of hydrogen-bond acceptors (Lipinski definition) is 5. The van der Waals surface area contributed by atoms with Crippen LogP contribution in [0.4, 0.5) is 0 Å². The molecule has 0 unspecified atom stereocenters. The van der Waals surface area contributed by atoms with Crippen molar-refractivity contribution in [2.75, 3.05) is 6.54 Å². The Morgan fingerprint density at radius 2 is 2.29 bits per heavy atom. The second-order valence-corrected chi connectivity index (χ2v) is 6.35. The van der Waals surface area contributed by atoms with Gasteiger partial charge < -0.3 is 5.32 Å². The number of hydrogen-bond donors (Lipinski definition) is 1. The highest BCUT2D eigenvalue weighted by Crippen LogP contribution is 2.25. The van der Waals surface area contributed by atoms with Crippen molar-refractivity contribution in [1.82, 2.24) is 15.3 Å². The van der Waals surface area contributed by atoms with Crippen molar-refractivity contribution >= 4 is 22.7 Å². The zero-order valence-electron chi connectivity index (χ0n) is 9.77. The maximum Gasteiger partial charge on any atom is 0.0989 e. The van der Waals surface area contributed by atoms with Crippen molar-refractivity contribution in [2.24, 2.45) is 0 Å². The van der Waals surface area contributed by atoms with Gasteiger partial charge in [0, 0.05) is 17.2 Å². The van der Waals surface area contributed by atoms with E-state index in [-0.39, 0.29) is 0 Å². The topological polar surface area (TPSA) is 37.8 Å². The molecule has 3 rings (SSSR count). The Kier molecular flexibility index (Phi) is 3.22. The van der Waals surface area contributed by atoms with Gasteiger partial charge in [-0.2, -0.15) is 0 Å². The summed E-state index contributed by atoms with van der Waals surface area (Å²) in [6.07, 6.45) is 3.36. The predicted octanol–water partition coefficient (Wildman–Crippen LogP) is 2.92. The SMILES string of the molecule is Cc1nc(Cc2nc([C@@H]3CCCN3)cs2)cs1. The highest BCUT2D eigenvalue weighted by Gasteiger charge is 2.18. The van der Waals surface area contributed by atoms with Crippen LogP contribution in [0.15, 0.2) is 10.8 Å². The maximum atomic E-state index is 4.72. The van der Waals surface area contributed by atoms with E-state index in [4.69, 9.17) is 4.98 Å². The van der Waals surface area contributed by atoms with E-state index in [2.05, 4.69) is 21.1 Å². The van der Waals surface area contributed by atoms with E-state index in [1.54, 1.807) is 22.7 Å². The third-order valence-corrected chi connectivity index (χ3v) is 4.68. The first kappa shape index (κ1) is 11.3. The molecule has 0 spiro atoms. The molecule has 2 aromatic rings. The highest BCUT2D eigenvalue weighted by atomic mass is 32.1. The summed E-state index contributed by atoms with van der Waals surface area (Å²) in [5, 5.41) is 10.1. The molecule has 0 aliphatic carbocycles. The smallest absolute Gasteiger partial charge is 0.0989 e. The summed E-state index contributed by atoms with van der Waals surface area (Å²) in [6.45, 7) is 3.17. The molecule has 1 atom stereocenters. The molecule has 1 fully saturated rings. The largest absolute Gasteiger partial charge is 0.309 e. The standard InChI is InChI=1S/C12H15N3S2/c1-8-14-9(6-16-8)5-12-15-11(7-17-12)10-3-2-4-13-10/h6-7,10,13H,2-5H2,1H3/t10-/m0/s1. The summed E-state index contributed by atoms with van der Waals surface area (Å²) >= 11 is 3.46. The van der Waals surface area contributed by atoms with Crippen LogP contribution in [0.25, 0.3) is 0 Å². The fraction of sp³-hybridized carbons (Fsp3) is 0.500. The Morgan fingerprint density at radius 1 is 1.35 bits per heavy atom. The van der Waals surface area contributed by atoms with Gasteiger partial charge in [0.25, 0.3) is 0 Å². The van der Waals surface area contributed by atoms with Crippen LogP contribution < -0.4 is 5.32 Å². The molecule has 90 valence electrons. The van der Waals surface area contributed by atoms with Crippen LogP contribution in [0.3, 0.4) is 0 Å². The Balaban J connectivity index is 1.71. The summed E-state index contributed by atoms with van der Waals surface area (Å²) in [6, 6.07) is 0.483. The van der Waals surface area contributed by atoms with Crippen LogP contribution >= 0.6 is 22.7 Å². The maximum absolute atomic E-state index is 4.72. The van der Waals surface area contributed by atoms with Crippen molar-refractivity contribution in [2.45, 2.75) is 32.2 Å². The third kappa shape index (κ3) is 2.56. The average Bonchev–Trinajstić information content (AvgIpc) is 3.00. The molecule has 17 heavy (non-hydrogen) atoms. The van der Waals surface area contributed by atoms with Crippen LogP contribution in [0.1, 0.15) is 40.3 Å². The quantitative estimate of drug-likeness (QED) is 0.927. The van der Waals surface area contributed by atoms with Crippen molar-refractivity contribution in [3.8, 4) is 0 Å². The molecular formula is C12H15N3S2. The molecule has 0 saturated carbocycles. The minimum atomic E-state index is 0.483. The lowest BCUT2D eigenvalue weighted by Gasteiger charge is -2.04. The molecule has 0 aromatic carbocycles. The van der Waals surface area contributed by atoms with Crippen LogP contribution in [0.2, 0.25) is 0 Å². The van der Waals surface area contributed by atoms with Gasteiger partial charge in [-0.3, -0.25) is 0 Å². The summed E-state index contributed by atoms with van der Waals surface area (Å²) in [5.74, 6) is 0. The van der Waals surface area contributed by atoms with Gasteiger partial charge in [0.15, 0.2) is 0 Å². The number of rotatable bonds is 3. The number of aromatic nitrogens is 2. The minimum absolute atomic E-state index is 0.483. The van der Waals surface area contributed by atoms with Crippen molar-refractivity contribution < 1.29 is 0 Å². The van der Waals surface area contributed by atoms with Crippen LogP contribution in [0, 0.1) is 6.92 Å². The van der Waals surface area contributed by atoms with Gasteiger partial charge in [0.05, 0.1) is 27.4 Å². The van der Waals surface area contributed by atoms with Gasteiger partial charge in [0.2, 0.25) is 0 Å². The second-order valence-electron chi connectivity index (χ2n) is 4.35. The molecule has 3 heterocycles.